The van der Waals surface area contributed by atoms with Gasteiger partial charge >= 0.3 is 0 Å². The molecule has 0 amide bonds. The molecular weight excluding hydrogens is 346 g/mol. The summed E-state index contributed by atoms with van der Waals surface area (Å²) in [4.78, 5) is 0. The SMILES string of the molecule is CCOc1ccc(C2(C3CC[SiH](Cl)CC3)CCCCC2)c(F)c1F. The Labute approximate surface area is 150 Å². The number of benzene rings is 1. The van der Waals surface area contributed by atoms with Crippen LogP contribution < -0.4 is 4.74 Å². The van der Waals surface area contributed by atoms with Crippen molar-refractivity contribution in [1.29, 1.82) is 0 Å². The highest BCUT2D eigenvalue weighted by molar-refractivity contribution is 7.07. The van der Waals surface area contributed by atoms with E-state index in [0.29, 0.717) is 18.1 Å². The van der Waals surface area contributed by atoms with Crippen molar-refractivity contribution in [1.82, 2.24) is 0 Å². The molecule has 1 nitrogen and oxygen atoms in total. The number of hydrogen-bond acceptors (Lipinski definition) is 1. The first kappa shape index (κ1) is 18.2. The number of halogens is 3. The maximum absolute atomic E-state index is 15.0. The molecule has 1 heterocycles. The molecule has 134 valence electrons. The van der Waals surface area contributed by atoms with Gasteiger partial charge in [-0.3, -0.25) is 0 Å². The summed E-state index contributed by atoms with van der Waals surface area (Å²) in [7, 11) is -1.07. The van der Waals surface area contributed by atoms with Crippen molar-refractivity contribution in [2.45, 2.75) is 69.4 Å². The van der Waals surface area contributed by atoms with Gasteiger partial charge in [-0.1, -0.05) is 38.2 Å². The first-order chi connectivity index (χ1) is 11.6. The number of ether oxygens (including phenoxy) is 1. The third-order valence-corrected chi connectivity index (χ3v) is 9.30. The van der Waals surface area contributed by atoms with Crippen LogP contribution in [0.3, 0.4) is 0 Å². The Morgan fingerprint density at radius 2 is 1.79 bits per heavy atom. The van der Waals surface area contributed by atoms with E-state index >= 15 is 0 Å². The Hall–Kier alpha value is -0.613. The van der Waals surface area contributed by atoms with Gasteiger partial charge in [-0.2, -0.15) is 15.5 Å². The quantitative estimate of drug-likeness (QED) is 0.469. The van der Waals surface area contributed by atoms with Crippen molar-refractivity contribution in [3.8, 4) is 5.75 Å². The summed E-state index contributed by atoms with van der Waals surface area (Å²) in [5.74, 6) is -1.04. The third-order valence-electron chi connectivity index (χ3n) is 6.07. The van der Waals surface area contributed by atoms with Crippen molar-refractivity contribution >= 4 is 19.2 Å². The summed E-state index contributed by atoms with van der Waals surface area (Å²) in [6, 6.07) is 5.65. The van der Waals surface area contributed by atoms with Crippen LogP contribution in [0.15, 0.2) is 12.1 Å². The normalized spacial score (nSPS) is 27.0. The maximum Gasteiger partial charge on any atom is 0.200 e. The van der Waals surface area contributed by atoms with E-state index < -0.39 is 19.7 Å². The second-order valence-corrected chi connectivity index (χ2v) is 11.5. The minimum atomic E-state index is -1.07. The zero-order valence-corrected chi connectivity index (χ0v) is 16.3. The average Bonchev–Trinajstić information content (AvgIpc) is 2.60. The zero-order valence-electron chi connectivity index (χ0n) is 14.4. The van der Waals surface area contributed by atoms with E-state index in [1.165, 1.54) is 6.42 Å². The fourth-order valence-corrected chi connectivity index (χ4v) is 7.44. The van der Waals surface area contributed by atoms with Crippen LogP contribution in [0.25, 0.3) is 0 Å². The lowest BCUT2D eigenvalue weighted by Gasteiger charge is -2.46. The van der Waals surface area contributed by atoms with E-state index in [1.807, 2.05) is 0 Å². The minimum Gasteiger partial charge on any atom is -0.491 e. The molecule has 0 unspecified atom stereocenters. The molecule has 2 aliphatic rings. The van der Waals surface area contributed by atoms with E-state index in [-0.39, 0.29) is 11.2 Å². The molecule has 0 bridgehead atoms. The summed E-state index contributed by atoms with van der Waals surface area (Å²) in [6.45, 7) is 2.12. The van der Waals surface area contributed by atoms with E-state index in [0.717, 1.165) is 50.6 Å². The van der Waals surface area contributed by atoms with Gasteiger partial charge in [0.2, 0.25) is 5.82 Å². The number of hydrogen-bond donors (Lipinski definition) is 0. The second-order valence-electron chi connectivity index (χ2n) is 7.34. The predicted octanol–water partition coefficient (Wildman–Crippen LogP) is 5.94. The molecule has 1 aromatic rings. The molecule has 5 heteroatoms. The van der Waals surface area contributed by atoms with Crippen LogP contribution in [0.2, 0.25) is 12.1 Å². The first-order valence-corrected chi connectivity index (χ1v) is 12.7. The lowest BCUT2D eigenvalue weighted by molar-refractivity contribution is 0.168. The highest BCUT2D eigenvalue weighted by atomic mass is 35.6. The van der Waals surface area contributed by atoms with Gasteiger partial charge in [-0.05, 0) is 49.4 Å². The monoisotopic (exact) mass is 372 g/mol. The fraction of sp³-hybridized carbons (Fsp3) is 0.684. The Bertz CT molecular complexity index is 567. The summed E-state index contributed by atoms with van der Waals surface area (Å²) in [5, 5.41) is 0. The van der Waals surface area contributed by atoms with Crippen molar-refractivity contribution < 1.29 is 13.5 Å². The molecular formula is C19H27ClF2OSi. The molecule has 1 aliphatic carbocycles. The number of rotatable bonds is 4. The van der Waals surface area contributed by atoms with Crippen molar-refractivity contribution in [3.63, 3.8) is 0 Å². The van der Waals surface area contributed by atoms with Crippen LogP contribution in [0.5, 0.6) is 5.75 Å². The van der Waals surface area contributed by atoms with Gasteiger partial charge in [0.05, 0.1) is 6.61 Å². The molecule has 0 aromatic heterocycles. The largest absolute Gasteiger partial charge is 0.491 e. The summed E-state index contributed by atoms with van der Waals surface area (Å²) >= 11 is 6.41. The van der Waals surface area contributed by atoms with Gasteiger partial charge in [-0.15, -0.1) is 0 Å². The molecule has 3 rings (SSSR count). The van der Waals surface area contributed by atoms with Gasteiger partial charge in [0.15, 0.2) is 11.6 Å². The molecule has 24 heavy (non-hydrogen) atoms. The Morgan fingerprint density at radius 3 is 2.42 bits per heavy atom. The van der Waals surface area contributed by atoms with E-state index in [9.17, 15) is 8.78 Å². The summed E-state index contributed by atoms with van der Waals surface area (Å²) in [6.07, 6.45) is 7.50. The van der Waals surface area contributed by atoms with E-state index in [1.54, 1.807) is 19.1 Å². The topological polar surface area (TPSA) is 9.23 Å². The smallest absolute Gasteiger partial charge is 0.200 e. The van der Waals surface area contributed by atoms with Crippen LogP contribution in [0.4, 0.5) is 8.78 Å². The van der Waals surface area contributed by atoms with Gasteiger partial charge < -0.3 is 4.74 Å². The predicted molar refractivity (Wildman–Crippen MR) is 97.6 cm³/mol. The standard InChI is InChI=1S/C19H27ClF2OSi/c1-2-23-16-7-6-15(17(21)18(16)22)19(10-4-3-5-11-19)14-8-12-24(20)13-9-14/h6-7,14,24H,2-5,8-13H2,1H3. The van der Waals surface area contributed by atoms with Crippen molar-refractivity contribution in [3.05, 3.63) is 29.3 Å². The Morgan fingerprint density at radius 1 is 1.12 bits per heavy atom. The lowest BCUT2D eigenvalue weighted by atomic mass is 9.60. The lowest BCUT2D eigenvalue weighted by Crippen LogP contribution is -2.40. The minimum absolute atomic E-state index is 0.0292. The third kappa shape index (κ3) is 3.37. The van der Waals surface area contributed by atoms with Gasteiger partial charge in [0.25, 0.3) is 0 Å². The van der Waals surface area contributed by atoms with Gasteiger partial charge in [0.1, 0.15) is 8.11 Å². The molecule has 0 atom stereocenters. The van der Waals surface area contributed by atoms with Crippen LogP contribution in [0.1, 0.15) is 57.4 Å². The van der Waals surface area contributed by atoms with Gasteiger partial charge in [0, 0.05) is 5.41 Å². The molecule has 1 saturated heterocycles. The van der Waals surface area contributed by atoms with Crippen LogP contribution >= 0.6 is 11.1 Å². The summed E-state index contributed by atoms with van der Waals surface area (Å²) < 4.78 is 34.7. The maximum atomic E-state index is 15.0. The van der Waals surface area contributed by atoms with E-state index in [4.69, 9.17) is 15.8 Å². The van der Waals surface area contributed by atoms with Crippen molar-refractivity contribution in [2.75, 3.05) is 6.61 Å². The highest BCUT2D eigenvalue weighted by Crippen LogP contribution is 2.51. The molecule has 0 radical (unpaired) electrons. The van der Waals surface area contributed by atoms with E-state index in [2.05, 4.69) is 0 Å². The molecule has 1 aromatic carbocycles. The van der Waals surface area contributed by atoms with Crippen LogP contribution in [-0.2, 0) is 5.41 Å². The fourth-order valence-electron chi connectivity index (χ4n) is 4.87. The van der Waals surface area contributed by atoms with Crippen molar-refractivity contribution in [2.24, 2.45) is 5.92 Å². The first-order valence-electron chi connectivity index (χ1n) is 9.34. The Balaban J connectivity index is 1.98. The molecule has 1 aliphatic heterocycles. The molecule has 0 N–H and O–H groups in total. The second kappa shape index (κ2) is 7.73. The molecule has 1 saturated carbocycles. The van der Waals surface area contributed by atoms with Crippen LogP contribution in [-0.4, -0.2) is 14.7 Å². The molecule has 2 fully saturated rings. The summed E-state index contributed by atoms with van der Waals surface area (Å²) in [5.41, 5.74) is 0.377. The molecule has 0 spiro atoms. The van der Waals surface area contributed by atoms with Crippen LogP contribution in [0, 0.1) is 17.6 Å². The van der Waals surface area contributed by atoms with Gasteiger partial charge in [-0.25, -0.2) is 4.39 Å². The zero-order chi connectivity index (χ0) is 17.2. The highest BCUT2D eigenvalue weighted by Gasteiger charge is 2.44. The Kier molecular flexibility index (Phi) is 5.86. The average molecular weight is 373 g/mol.